The van der Waals surface area contributed by atoms with Gasteiger partial charge in [0.25, 0.3) is 0 Å². The molecule has 0 aromatic heterocycles. The molecular formula is C19H22N2O4. The van der Waals surface area contributed by atoms with Crippen molar-refractivity contribution in [2.24, 2.45) is 5.73 Å². The summed E-state index contributed by atoms with van der Waals surface area (Å²) in [6, 6.07) is 16.7. The van der Waals surface area contributed by atoms with Crippen molar-refractivity contribution in [2.45, 2.75) is 31.6 Å². The molecule has 132 valence electrons. The van der Waals surface area contributed by atoms with Crippen LogP contribution in [0, 0.1) is 0 Å². The lowest BCUT2D eigenvalue weighted by molar-refractivity contribution is -0.145. The number of aliphatic carboxylic acids is 2. The van der Waals surface area contributed by atoms with Crippen molar-refractivity contribution in [3.63, 3.8) is 0 Å². The van der Waals surface area contributed by atoms with E-state index in [1.165, 1.54) is 0 Å². The molecule has 0 unspecified atom stereocenters. The number of rotatable bonds is 9. The number of hydrogen-bond acceptors (Lipinski definition) is 4. The molecule has 0 spiro atoms. The van der Waals surface area contributed by atoms with E-state index in [9.17, 15) is 14.7 Å². The molecule has 25 heavy (non-hydrogen) atoms. The summed E-state index contributed by atoms with van der Waals surface area (Å²) < 4.78 is 0. The second-order valence-electron chi connectivity index (χ2n) is 5.91. The maximum Gasteiger partial charge on any atom is 0.321 e. The van der Waals surface area contributed by atoms with E-state index in [1.54, 1.807) is 4.90 Å². The Labute approximate surface area is 146 Å². The Bertz CT molecular complexity index is 650. The normalized spacial score (nSPS) is 13.4. The van der Waals surface area contributed by atoms with Crippen molar-refractivity contribution in [3.05, 3.63) is 71.8 Å². The molecule has 2 aromatic rings. The van der Waals surface area contributed by atoms with Gasteiger partial charge in [-0.3, -0.25) is 14.5 Å². The van der Waals surface area contributed by atoms with E-state index in [0.29, 0.717) is 13.1 Å². The molecule has 4 N–H and O–H groups in total. The van der Waals surface area contributed by atoms with E-state index >= 15 is 0 Å². The van der Waals surface area contributed by atoms with Gasteiger partial charge in [-0.05, 0) is 17.5 Å². The first-order valence-electron chi connectivity index (χ1n) is 8.00. The zero-order valence-corrected chi connectivity index (χ0v) is 13.8. The Morgan fingerprint density at radius 3 is 1.64 bits per heavy atom. The van der Waals surface area contributed by atoms with Crippen molar-refractivity contribution in [1.82, 2.24) is 4.90 Å². The lowest BCUT2D eigenvalue weighted by atomic mass is 10.0. The Morgan fingerprint density at radius 1 is 0.840 bits per heavy atom. The molecule has 0 radical (unpaired) electrons. The SMILES string of the molecule is N[C@H](C[C@H](C(=O)O)N(Cc1ccccc1)Cc1ccccc1)C(=O)O. The molecule has 6 nitrogen and oxygen atoms in total. The summed E-state index contributed by atoms with van der Waals surface area (Å²) in [5.41, 5.74) is 7.49. The predicted octanol–water partition coefficient (Wildman–Crippen LogP) is 1.94. The summed E-state index contributed by atoms with van der Waals surface area (Å²) in [7, 11) is 0. The van der Waals surface area contributed by atoms with Crippen molar-refractivity contribution >= 4 is 11.9 Å². The fraction of sp³-hybridized carbons (Fsp3) is 0.263. The molecule has 0 amide bonds. The number of nitrogens with two attached hydrogens (primary N) is 1. The number of carbonyl (C=O) groups is 2. The van der Waals surface area contributed by atoms with Crippen LogP contribution in [0.5, 0.6) is 0 Å². The lowest BCUT2D eigenvalue weighted by Gasteiger charge is -2.30. The summed E-state index contributed by atoms with van der Waals surface area (Å²) >= 11 is 0. The lowest BCUT2D eigenvalue weighted by Crippen LogP contribution is -2.46. The van der Waals surface area contributed by atoms with Crippen LogP contribution in [0.15, 0.2) is 60.7 Å². The zero-order chi connectivity index (χ0) is 18.2. The molecule has 0 bridgehead atoms. The Balaban J connectivity index is 2.26. The van der Waals surface area contributed by atoms with Gasteiger partial charge in [0, 0.05) is 13.1 Å². The summed E-state index contributed by atoms with van der Waals surface area (Å²) in [5.74, 6) is -2.28. The van der Waals surface area contributed by atoms with E-state index in [-0.39, 0.29) is 6.42 Å². The van der Waals surface area contributed by atoms with Crippen LogP contribution in [0.25, 0.3) is 0 Å². The minimum Gasteiger partial charge on any atom is -0.480 e. The van der Waals surface area contributed by atoms with Gasteiger partial charge in [-0.1, -0.05) is 60.7 Å². The first-order chi connectivity index (χ1) is 12.0. The van der Waals surface area contributed by atoms with Gasteiger partial charge in [0.1, 0.15) is 12.1 Å². The van der Waals surface area contributed by atoms with Gasteiger partial charge >= 0.3 is 11.9 Å². The van der Waals surface area contributed by atoms with E-state index in [1.807, 2.05) is 60.7 Å². The highest BCUT2D eigenvalue weighted by molar-refractivity contribution is 5.77. The highest BCUT2D eigenvalue weighted by Crippen LogP contribution is 2.17. The Hall–Kier alpha value is -2.70. The monoisotopic (exact) mass is 342 g/mol. The molecule has 0 fully saturated rings. The third kappa shape index (κ3) is 5.70. The topological polar surface area (TPSA) is 104 Å². The average molecular weight is 342 g/mol. The fourth-order valence-corrected chi connectivity index (χ4v) is 2.66. The van der Waals surface area contributed by atoms with Gasteiger partial charge in [0.05, 0.1) is 0 Å². The van der Waals surface area contributed by atoms with Gasteiger partial charge in [0.2, 0.25) is 0 Å². The highest BCUT2D eigenvalue weighted by Gasteiger charge is 2.30. The second-order valence-corrected chi connectivity index (χ2v) is 5.91. The van der Waals surface area contributed by atoms with Gasteiger partial charge in [-0.2, -0.15) is 0 Å². The zero-order valence-electron chi connectivity index (χ0n) is 13.8. The first-order valence-corrected chi connectivity index (χ1v) is 8.00. The average Bonchev–Trinajstić information content (AvgIpc) is 2.60. The van der Waals surface area contributed by atoms with Crippen molar-refractivity contribution in [3.8, 4) is 0 Å². The number of hydrogen-bond donors (Lipinski definition) is 3. The third-order valence-electron chi connectivity index (χ3n) is 3.98. The van der Waals surface area contributed by atoms with Crippen LogP contribution in [0.3, 0.4) is 0 Å². The molecule has 0 aliphatic carbocycles. The fourth-order valence-electron chi connectivity index (χ4n) is 2.66. The predicted molar refractivity (Wildman–Crippen MR) is 93.8 cm³/mol. The maximum atomic E-state index is 11.8. The van der Waals surface area contributed by atoms with Crippen LogP contribution in [-0.2, 0) is 22.7 Å². The van der Waals surface area contributed by atoms with Gasteiger partial charge in [0.15, 0.2) is 0 Å². The van der Waals surface area contributed by atoms with Crippen LogP contribution in [0.1, 0.15) is 17.5 Å². The second kappa shape index (κ2) is 8.96. The van der Waals surface area contributed by atoms with Gasteiger partial charge < -0.3 is 15.9 Å². The molecule has 2 atom stereocenters. The summed E-state index contributed by atoms with van der Waals surface area (Å²) in [4.78, 5) is 24.6. The number of benzene rings is 2. The maximum absolute atomic E-state index is 11.8. The largest absolute Gasteiger partial charge is 0.480 e. The minimum atomic E-state index is -1.23. The molecule has 0 aliphatic rings. The van der Waals surface area contributed by atoms with E-state index in [2.05, 4.69) is 0 Å². The smallest absolute Gasteiger partial charge is 0.321 e. The molecule has 2 aromatic carbocycles. The Morgan fingerprint density at radius 2 is 1.28 bits per heavy atom. The molecule has 2 rings (SSSR count). The van der Waals surface area contributed by atoms with Gasteiger partial charge in [-0.15, -0.1) is 0 Å². The van der Waals surface area contributed by atoms with E-state index < -0.39 is 24.0 Å². The van der Waals surface area contributed by atoms with Crippen LogP contribution in [0.4, 0.5) is 0 Å². The summed E-state index contributed by atoms with van der Waals surface area (Å²) in [6.07, 6.45) is -0.162. The molecule has 0 aliphatic heterocycles. The van der Waals surface area contributed by atoms with Gasteiger partial charge in [-0.25, -0.2) is 0 Å². The molecule has 0 saturated heterocycles. The van der Waals surface area contributed by atoms with Crippen LogP contribution >= 0.6 is 0 Å². The van der Waals surface area contributed by atoms with Crippen LogP contribution in [-0.4, -0.2) is 39.1 Å². The van der Waals surface area contributed by atoms with E-state index in [0.717, 1.165) is 11.1 Å². The minimum absolute atomic E-state index is 0.162. The number of carboxylic acid groups (broad SMARTS) is 2. The summed E-state index contributed by atoms with van der Waals surface area (Å²) in [5, 5.41) is 18.7. The Kier molecular flexibility index (Phi) is 6.68. The van der Waals surface area contributed by atoms with Crippen molar-refractivity contribution in [1.29, 1.82) is 0 Å². The number of carboxylic acids is 2. The summed E-state index contributed by atoms with van der Waals surface area (Å²) in [6.45, 7) is 0.776. The number of nitrogens with zero attached hydrogens (tertiary/aromatic N) is 1. The quantitative estimate of drug-likeness (QED) is 0.643. The molecule has 0 saturated carbocycles. The molecule has 0 heterocycles. The first kappa shape index (κ1) is 18.6. The third-order valence-corrected chi connectivity index (χ3v) is 3.98. The van der Waals surface area contributed by atoms with Crippen molar-refractivity contribution < 1.29 is 19.8 Å². The standard InChI is InChI=1S/C19H22N2O4/c20-16(18(22)23)11-17(19(24)25)21(12-14-7-3-1-4-8-14)13-15-9-5-2-6-10-15/h1-10,16-17H,11-13,20H2,(H,22,23)(H,24,25)/t16-,17-/m1/s1. The molecule has 6 heteroatoms. The molecular weight excluding hydrogens is 320 g/mol. The van der Waals surface area contributed by atoms with Crippen molar-refractivity contribution in [2.75, 3.05) is 0 Å². The van der Waals surface area contributed by atoms with Crippen LogP contribution < -0.4 is 5.73 Å². The highest BCUT2D eigenvalue weighted by atomic mass is 16.4. The van der Waals surface area contributed by atoms with Crippen LogP contribution in [0.2, 0.25) is 0 Å². The van der Waals surface area contributed by atoms with E-state index in [4.69, 9.17) is 10.8 Å².